The lowest BCUT2D eigenvalue weighted by molar-refractivity contribution is 0.544. The molecule has 2 aromatic rings. The summed E-state index contributed by atoms with van der Waals surface area (Å²) in [6.45, 7) is 5.01. The molecule has 0 aliphatic heterocycles. The maximum atomic E-state index is 14.2. The maximum Gasteiger partial charge on any atom is 0.129 e. The minimum absolute atomic E-state index is 0.134. The molecule has 0 saturated carbocycles. The van der Waals surface area contributed by atoms with Crippen molar-refractivity contribution in [2.45, 2.75) is 26.3 Å². The Kier molecular flexibility index (Phi) is 5.32. The van der Waals surface area contributed by atoms with Crippen LogP contribution in [0.1, 0.15) is 36.1 Å². The van der Waals surface area contributed by atoms with E-state index in [-0.39, 0.29) is 11.9 Å². The molecule has 0 amide bonds. The van der Waals surface area contributed by atoms with E-state index in [4.69, 9.17) is 0 Å². The normalized spacial score (nSPS) is 12.4. The number of benzene rings is 2. The summed E-state index contributed by atoms with van der Waals surface area (Å²) in [5.74, 6) is -0.186. The Labute approximate surface area is 128 Å². The first-order valence-corrected chi connectivity index (χ1v) is 7.66. The van der Waals surface area contributed by atoms with Crippen molar-refractivity contribution in [1.29, 1.82) is 0 Å². The molecule has 0 spiro atoms. The Hall–Kier alpha value is -1.19. The molecule has 0 saturated heterocycles. The number of nitrogens with one attached hydrogen (secondary N) is 1. The molecule has 0 aliphatic carbocycles. The second-order valence-electron chi connectivity index (χ2n) is 4.94. The topological polar surface area (TPSA) is 12.0 Å². The van der Waals surface area contributed by atoms with Crippen LogP contribution in [0.5, 0.6) is 0 Å². The van der Waals surface area contributed by atoms with E-state index < -0.39 is 0 Å². The number of hydrogen-bond acceptors (Lipinski definition) is 1. The summed E-state index contributed by atoms with van der Waals surface area (Å²) >= 11 is 3.48. The van der Waals surface area contributed by atoms with Gasteiger partial charge in [0.1, 0.15) is 5.82 Å². The zero-order chi connectivity index (χ0) is 14.5. The second kappa shape index (κ2) is 7.00. The Balaban J connectivity index is 2.47. The maximum absolute atomic E-state index is 14.2. The van der Waals surface area contributed by atoms with Gasteiger partial charge in [-0.1, -0.05) is 58.7 Å². The predicted molar refractivity (Wildman–Crippen MR) is 85.4 cm³/mol. The van der Waals surface area contributed by atoms with Crippen molar-refractivity contribution in [3.8, 4) is 0 Å². The molecule has 0 bridgehead atoms. The number of halogens is 2. The van der Waals surface area contributed by atoms with Crippen molar-refractivity contribution in [2.24, 2.45) is 0 Å². The van der Waals surface area contributed by atoms with Gasteiger partial charge in [-0.3, -0.25) is 0 Å². The minimum Gasteiger partial charge on any atom is -0.306 e. The van der Waals surface area contributed by atoms with Gasteiger partial charge < -0.3 is 5.32 Å². The first-order valence-electron chi connectivity index (χ1n) is 6.87. The van der Waals surface area contributed by atoms with E-state index in [1.54, 1.807) is 6.07 Å². The van der Waals surface area contributed by atoms with E-state index >= 15 is 0 Å². The average molecular weight is 336 g/mol. The lowest BCUT2D eigenvalue weighted by Crippen LogP contribution is -2.24. The Morgan fingerprint density at radius 2 is 1.95 bits per heavy atom. The fourth-order valence-electron chi connectivity index (χ4n) is 2.31. The number of rotatable bonds is 5. The van der Waals surface area contributed by atoms with Crippen LogP contribution in [0.15, 0.2) is 46.9 Å². The highest BCUT2D eigenvalue weighted by Gasteiger charge is 2.20. The highest BCUT2D eigenvalue weighted by molar-refractivity contribution is 9.10. The van der Waals surface area contributed by atoms with E-state index in [0.29, 0.717) is 5.56 Å². The van der Waals surface area contributed by atoms with Gasteiger partial charge in [0.15, 0.2) is 0 Å². The van der Waals surface area contributed by atoms with Gasteiger partial charge >= 0.3 is 0 Å². The van der Waals surface area contributed by atoms with Gasteiger partial charge in [0.25, 0.3) is 0 Å². The van der Waals surface area contributed by atoms with Crippen LogP contribution in [0.2, 0.25) is 0 Å². The van der Waals surface area contributed by atoms with Crippen molar-refractivity contribution in [1.82, 2.24) is 5.32 Å². The van der Waals surface area contributed by atoms with Crippen LogP contribution in [0, 0.1) is 12.7 Å². The molecule has 1 nitrogen and oxygen atoms in total. The first-order chi connectivity index (χ1) is 9.63. The molecule has 1 N–H and O–H groups in total. The molecule has 0 heterocycles. The number of hydrogen-bond donors (Lipinski definition) is 1. The van der Waals surface area contributed by atoms with Gasteiger partial charge in [0.2, 0.25) is 0 Å². The van der Waals surface area contributed by atoms with Crippen molar-refractivity contribution < 1.29 is 4.39 Å². The van der Waals surface area contributed by atoms with Crippen molar-refractivity contribution in [3.63, 3.8) is 0 Å². The van der Waals surface area contributed by atoms with Crippen molar-refractivity contribution in [2.75, 3.05) is 6.54 Å². The van der Waals surface area contributed by atoms with Crippen LogP contribution in [0.25, 0.3) is 0 Å². The van der Waals surface area contributed by atoms with Crippen LogP contribution < -0.4 is 5.32 Å². The molecule has 0 fully saturated rings. The first kappa shape index (κ1) is 15.2. The third-order valence-corrected chi connectivity index (χ3v) is 3.95. The zero-order valence-corrected chi connectivity index (χ0v) is 13.4. The molecular weight excluding hydrogens is 317 g/mol. The molecule has 106 valence electrons. The second-order valence-corrected chi connectivity index (χ2v) is 5.79. The Morgan fingerprint density at radius 3 is 2.60 bits per heavy atom. The smallest absolute Gasteiger partial charge is 0.129 e. The van der Waals surface area contributed by atoms with Crippen LogP contribution >= 0.6 is 15.9 Å². The fraction of sp³-hybridized carbons (Fsp3) is 0.294. The molecule has 0 aliphatic rings. The lowest BCUT2D eigenvalue weighted by Gasteiger charge is -2.22. The summed E-state index contributed by atoms with van der Waals surface area (Å²) < 4.78 is 15.0. The predicted octanol–water partition coefficient (Wildman–Crippen LogP) is 4.99. The van der Waals surface area contributed by atoms with E-state index in [0.717, 1.165) is 23.0 Å². The van der Waals surface area contributed by atoms with Gasteiger partial charge in [-0.2, -0.15) is 0 Å². The van der Waals surface area contributed by atoms with Crippen LogP contribution in [0.3, 0.4) is 0 Å². The monoisotopic (exact) mass is 335 g/mol. The van der Waals surface area contributed by atoms with E-state index in [9.17, 15) is 4.39 Å². The summed E-state index contributed by atoms with van der Waals surface area (Å²) in [5.41, 5.74) is 2.94. The third kappa shape index (κ3) is 3.47. The third-order valence-electron chi connectivity index (χ3n) is 3.26. The van der Waals surface area contributed by atoms with Gasteiger partial charge in [-0.25, -0.2) is 4.39 Å². The standard InChI is InChI=1S/C17H19BrFN/c1-3-10-20-17(13-7-4-6-12(2)11-13)16-14(18)8-5-9-15(16)19/h4-9,11,17,20H,3,10H2,1-2H3. The van der Waals surface area contributed by atoms with Crippen LogP contribution in [-0.4, -0.2) is 6.54 Å². The Morgan fingerprint density at radius 1 is 1.20 bits per heavy atom. The largest absolute Gasteiger partial charge is 0.306 e. The van der Waals surface area contributed by atoms with Gasteiger partial charge in [0, 0.05) is 10.0 Å². The van der Waals surface area contributed by atoms with Crippen molar-refractivity contribution in [3.05, 3.63) is 69.4 Å². The van der Waals surface area contributed by atoms with Gasteiger partial charge in [0.05, 0.1) is 6.04 Å². The summed E-state index contributed by atoms with van der Waals surface area (Å²) in [5, 5.41) is 3.44. The lowest BCUT2D eigenvalue weighted by atomic mass is 9.96. The molecule has 20 heavy (non-hydrogen) atoms. The SMILES string of the molecule is CCCNC(c1cccc(C)c1)c1c(F)cccc1Br. The van der Waals surface area contributed by atoms with Crippen molar-refractivity contribution >= 4 is 15.9 Å². The molecule has 1 atom stereocenters. The molecular formula is C17H19BrFN. The minimum atomic E-state index is -0.186. The zero-order valence-electron chi connectivity index (χ0n) is 11.8. The van der Waals surface area contributed by atoms with Crippen LogP contribution in [0.4, 0.5) is 4.39 Å². The molecule has 0 aromatic heterocycles. The quantitative estimate of drug-likeness (QED) is 0.811. The molecule has 0 radical (unpaired) electrons. The summed E-state index contributed by atoms with van der Waals surface area (Å²) in [6.07, 6.45) is 1.01. The fourth-order valence-corrected chi connectivity index (χ4v) is 2.88. The molecule has 1 unspecified atom stereocenters. The van der Waals surface area contributed by atoms with Crippen LogP contribution in [-0.2, 0) is 0 Å². The highest BCUT2D eigenvalue weighted by atomic mass is 79.9. The summed E-state index contributed by atoms with van der Waals surface area (Å²) in [4.78, 5) is 0. The highest BCUT2D eigenvalue weighted by Crippen LogP contribution is 2.31. The summed E-state index contributed by atoms with van der Waals surface area (Å²) in [7, 11) is 0. The van der Waals surface area contributed by atoms with E-state index in [1.165, 1.54) is 11.6 Å². The number of aryl methyl sites for hydroxylation is 1. The van der Waals surface area contributed by atoms with Gasteiger partial charge in [-0.05, 0) is 37.6 Å². The summed E-state index contributed by atoms with van der Waals surface area (Å²) in [6, 6.07) is 13.2. The molecule has 2 rings (SSSR count). The molecule has 2 aromatic carbocycles. The molecule has 3 heteroatoms. The Bertz CT molecular complexity index is 563. The van der Waals surface area contributed by atoms with Gasteiger partial charge in [-0.15, -0.1) is 0 Å². The van der Waals surface area contributed by atoms with E-state index in [1.807, 2.05) is 18.2 Å². The van der Waals surface area contributed by atoms with E-state index in [2.05, 4.69) is 47.2 Å². The average Bonchev–Trinajstić information content (AvgIpc) is 2.42.